The number of halogens is 1. The molecule has 1 N–H and O–H groups in total. The van der Waals surface area contributed by atoms with E-state index >= 15 is 0 Å². The van der Waals surface area contributed by atoms with Gasteiger partial charge in [0.1, 0.15) is 5.82 Å². The molecule has 0 spiro atoms. The number of nitrogens with zero attached hydrogens (tertiary/aromatic N) is 2. The van der Waals surface area contributed by atoms with Crippen molar-refractivity contribution < 1.29 is 9.18 Å². The maximum absolute atomic E-state index is 13.4. The summed E-state index contributed by atoms with van der Waals surface area (Å²) < 4.78 is 15.2. The first-order chi connectivity index (χ1) is 10.5. The Hall–Kier alpha value is -2.43. The molecule has 5 heteroatoms. The number of nitrogens with one attached hydrogen (secondary N) is 1. The maximum Gasteiger partial charge on any atom is 0.244 e. The molecule has 0 unspecified atom stereocenters. The molecule has 1 aromatic carbocycles. The Morgan fingerprint density at radius 2 is 2.09 bits per heavy atom. The van der Waals surface area contributed by atoms with E-state index in [2.05, 4.69) is 10.4 Å². The second-order valence-electron chi connectivity index (χ2n) is 5.17. The molecule has 0 aliphatic rings. The van der Waals surface area contributed by atoms with Crippen molar-refractivity contribution in [3.8, 4) is 0 Å². The van der Waals surface area contributed by atoms with Gasteiger partial charge in [-0.25, -0.2) is 4.39 Å². The lowest BCUT2D eigenvalue weighted by Gasteiger charge is -2.03. The van der Waals surface area contributed by atoms with Crippen LogP contribution in [-0.4, -0.2) is 22.2 Å². The van der Waals surface area contributed by atoms with E-state index in [1.165, 1.54) is 12.1 Å². The number of aryl methyl sites for hydroxylation is 2. The van der Waals surface area contributed by atoms with E-state index < -0.39 is 0 Å². The summed E-state index contributed by atoms with van der Waals surface area (Å²) in [6.07, 6.45) is 3.71. The quantitative estimate of drug-likeness (QED) is 0.863. The average Bonchev–Trinajstić information content (AvgIpc) is 2.72. The summed E-state index contributed by atoms with van der Waals surface area (Å²) in [4.78, 5) is 11.8. The van der Waals surface area contributed by atoms with Gasteiger partial charge < -0.3 is 5.32 Å². The van der Waals surface area contributed by atoms with Crippen molar-refractivity contribution in [2.24, 2.45) is 7.05 Å². The molecule has 1 heterocycles. The van der Waals surface area contributed by atoms with Gasteiger partial charge >= 0.3 is 0 Å². The Kier molecular flexibility index (Phi) is 5.09. The monoisotopic (exact) mass is 301 g/mol. The molecule has 116 valence electrons. The molecule has 2 aromatic rings. The zero-order valence-corrected chi connectivity index (χ0v) is 13.1. The molecule has 0 bridgehead atoms. The molecular weight excluding hydrogens is 281 g/mol. The van der Waals surface area contributed by atoms with Gasteiger partial charge in [-0.3, -0.25) is 9.48 Å². The summed E-state index contributed by atoms with van der Waals surface area (Å²) in [6.45, 7) is 4.26. The summed E-state index contributed by atoms with van der Waals surface area (Å²) in [7, 11) is 1.87. The summed E-state index contributed by atoms with van der Waals surface area (Å²) >= 11 is 0. The van der Waals surface area contributed by atoms with Crippen molar-refractivity contribution in [2.75, 3.05) is 6.54 Å². The third-order valence-corrected chi connectivity index (χ3v) is 3.62. The van der Waals surface area contributed by atoms with Crippen LogP contribution in [0.25, 0.3) is 6.08 Å². The average molecular weight is 301 g/mol. The highest BCUT2D eigenvalue weighted by Gasteiger charge is 2.06. The van der Waals surface area contributed by atoms with E-state index in [9.17, 15) is 9.18 Å². The van der Waals surface area contributed by atoms with Crippen LogP contribution in [0.1, 0.15) is 22.5 Å². The lowest BCUT2D eigenvalue weighted by atomic mass is 10.1. The Bertz CT molecular complexity index is 704. The second kappa shape index (κ2) is 7.02. The van der Waals surface area contributed by atoms with E-state index in [0.29, 0.717) is 18.5 Å². The Labute approximate surface area is 129 Å². The lowest BCUT2D eigenvalue weighted by molar-refractivity contribution is -0.116. The molecule has 0 aliphatic heterocycles. The van der Waals surface area contributed by atoms with E-state index in [1.54, 1.807) is 29.0 Å². The largest absolute Gasteiger partial charge is 0.352 e. The zero-order valence-electron chi connectivity index (χ0n) is 13.1. The topological polar surface area (TPSA) is 46.9 Å². The molecule has 0 saturated heterocycles. The van der Waals surface area contributed by atoms with Crippen LogP contribution in [0.2, 0.25) is 0 Å². The molecule has 2 rings (SSSR count). The van der Waals surface area contributed by atoms with E-state index in [1.807, 2.05) is 20.9 Å². The summed E-state index contributed by atoms with van der Waals surface area (Å²) in [6, 6.07) is 6.58. The molecule has 0 aliphatic carbocycles. The number of hydrogen-bond acceptors (Lipinski definition) is 2. The summed E-state index contributed by atoms with van der Waals surface area (Å²) in [5.74, 6) is -0.437. The van der Waals surface area contributed by atoms with Gasteiger partial charge in [0, 0.05) is 30.9 Å². The van der Waals surface area contributed by atoms with Crippen LogP contribution in [0, 0.1) is 19.7 Å². The van der Waals surface area contributed by atoms with Gasteiger partial charge in [-0.1, -0.05) is 18.2 Å². The van der Waals surface area contributed by atoms with Crippen molar-refractivity contribution in [1.82, 2.24) is 15.1 Å². The highest BCUT2D eigenvalue weighted by molar-refractivity contribution is 5.91. The molecule has 0 fully saturated rings. The lowest BCUT2D eigenvalue weighted by Crippen LogP contribution is -2.23. The first-order valence-electron chi connectivity index (χ1n) is 7.18. The first kappa shape index (κ1) is 15.9. The Balaban J connectivity index is 1.88. The first-order valence-corrected chi connectivity index (χ1v) is 7.18. The molecule has 22 heavy (non-hydrogen) atoms. The molecule has 1 aromatic heterocycles. The van der Waals surface area contributed by atoms with E-state index in [4.69, 9.17) is 0 Å². The van der Waals surface area contributed by atoms with E-state index in [0.717, 1.165) is 17.0 Å². The normalized spacial score (nSPS) is 11.1. The van der Waals surface area contributed by atoms with E-state index in [-0.39, 0.29) is 11.7 Å². The number of carbonyl (C=O) groups is 1. The van der Waals surface area contributed by atoms with Crippen molar-refractivity contribution in [1.29, 1.82) is 0 Å². The highest BCUT2D eigenvalue weighted by atomic mass is 19.1. The van der Waals surface area contributed by atoms with Crippen LogP contribution in [-0.2, 0) is 18.3 Å². The van der Waals surface area contributed by atoms with Gasteiger partial charge in [-0.2, -0.15) is 5.10 Å². The fraction of sp³-hybridized carbons (Fsp3) is 0.294. The second-order valence-corrected chi connectivity index (χ2v) is 5.17. The van der Waals surface area contributed by atoms with Crippen LogP contribution >= 0.6 is 0 Å². The number of aromatic nitrogens is 2. The van der Waals surface area contributed by atoms with Crippen molar-refractivity contribution in [3.05, 3.63) is 58.7 Å². The SMILES string of the molecule is Cc1nn(C)c(C)c1/C=C\C(=O)NCCc1ccccc1F. The molecule has 0 radical (unpaired) electrons. The smallest absolute Gasteiger partial charge is 0.244 e. The van der Waals surface area contributed by atoms with Crippen LogP contribution < -0.4 is 5.32 Å². The van der Waals surface area contributed by atoms with Gasteiger partial charge in [-0.05, 0) is 38.0 Å². The molecule has 0 atom stereocenters. The minimum absolute atomic E-state index is 0.195. The van der Waals surface area contributed by atoms with Crippen molar-refractivity contribution >= 4 is 12.0 Å². The standard InChI is InChI=1S/C17H20FN3O/c1-12-15(13(2)21(3)20-12)8-9-17(22)19-11-10-14-6-4-5-7-16(14)18/h4-9H,10-11H2,1-3H3,(H,19,22)/b9-8-. The number of hydrogen-bond donors (Lipinski definition) is 1. The Morgan fingerprint density at radius 1 is 1.36 bits per heavy atom. The van der Waals surface area contributed by atoms with Gasteiger partial charge in [0.2, 0.25) is 5.91 Å². The number of rotatable bonds is 5. The Morgan fingerprint density at radius 3 is 2.73 bits per heavy atom. The number of benzene rings is 1. The van der Waals surface area contributed by atoms with Crippen molar-refractivity contribution in [3.63, 3.8) is 0 Å². The predicted octanol–water partition coefficient (Wildman–Crippen LogP) is 2.55. The molecular formula is C17H20FN3O. The molecule has 0 saturated carbocycles. The fourth-order valence-electron chi connectivity index (χ4n) is 2.27. The summed E-state index contributed by atoms with van der Waals surface area (Å²) in [5.41, 5.74) is 3.45. The van der Waals surface area contributed by atoms with Crippen molar-refractivity contribution in [2.45, 2.75) is 20.3 Å². The van der Waals surface area contributed by atoms with Gasteiger partial charge in [-0.15, -0.1) is 0 Å². The number of amides is 1. The van der Waals surface area contributed by atoms with Crippen LogP contribution in [0.4, 0.5) is 4.39 Å². The highest BCUT2D eigenvalue weighted by Crippen LogP contribution is 2.13. The molecule has 4 nitrogen and oxygen atoms in total. The minimum Gasteiger partial charge on any atom is -0.352 e. The molecule has 1 amide bonds. The fourth-order valence-corrected chi connectivity index (χ4v) is 2.27. The maximum atomic E-state index is 13.4. The van der Waals surface area contributed by atoms with Gasteiger partial charge in [0.05, 0.1) is 5.69 Å². The number of carbonyl (C=O) groups excluding carboxylic acids is 1. The third-order valence-electron chi connectivity index (χ3n) is 3.62. The van der Waals surface area contributed by atoms with Gasteiger partial charge in [0.25, 0.3) is 0 Å². The van der Waals surface area contributed by atoms with Crippen LogP contribution in [0.5, 0.6) is 0 Å². The van der Waals surface area contributed by atoms with Crippen LogP contribution in [0.3, 0.4) is 0 Å². The summed E-state index contributed by atoms with van der Waals surface area (Å²) in [5, 5.41) is 7.05. The van der Waals surface area contributed by atoms with Crippen LogP contribution in [0.15, 0.2) is 30.3 Å². The zero-order chi connectivity index (χ0) is 16.1. The predicted molar refractivity (Wildman–Crippen MR) is 84.8 cm³/mol. The third kappa shape index (κ3) is 3.81. The van der Waals surface area contributed by atoms with Gasteiger partial charge in [0.15, 0.2) is 0 Å². The minimum atomic E-state index is -0.242.